The third-order valence-corrected chi connectivity index (χ3v) is 1.80. The number of hydrogen-bond donors (Lipinski definition) is 1. The van der Waals surface area contributed by atoms with Gasteiger partial charge in [-0.15, -0.1) is 0 Å². The largest absolute Gasteiger partial charge is 0.310 e. The van der Waals surface area contributed by atoms with E-state index in [1.807, 2.05) is 0 Å². The van der Waals surface area contributed by atoms with Gasteiger partial charge in [0, 0.05) is 11.6 Å². The molecule has 0 aliphatic heterocycles. The molecule has 1 aromatic carbocycles. The average molecular weight is 200 g/mol. The second-order valence-electron chi connectivity index (χ2n) is 3.06. The monoisotopic (exact) mass is 200 g/mol. The highest BCUT2D eigenvalue weighted by Crippen LogP contribution is 2.22. The first kappa shape index (κ1) is 10.5. The summed E-state index contributed by atoms with van der Waals surface area (Å²) in [6.45, 7) is 1.21. The molecule has 5 heteroatoms. The minimum absolute atomic E-state index is 0.362. The van der Waals surface area contributed by atoms with Crippen molar-refractivity contribution in [1.29, 1.82) is 5.26 Å². The third kappa shape index (κ3) is 1.70. The van der Waals surface area contributed by atoms with Crippen LogP contribution in [0.3, 0.4) is 0 Å². The Kier molecular flexibility index (Phi) is 2.49. The number of nitriles is 1. The fourth-order valence-electron chi connectivity index (χ4n) is 0.981. The fraction of sp³-hybridized carbons (Fsp3) is 0.222. The number of hydrogen-bond acceptors (Lipinski definition) is 2. The van der Waals surface area contributed by atoms with E-state index in [1.54, 1.807) is 6.07 Å². The Bertz CT molecular complexity index is 407. The second-order valence-corrected chi connectivity index (χ2v) is 3.06. The van der Waals surface area contributed by atoms with Gasteiger partial charge >= 0.3 is 0 Å². The molecule has 1 atom stereocenters. The van der Waals surface area contributed by atoms with Crippen LogP contribution in [0.15, 0.2) is 12.1 Å². The van der Waals surface area contributed by atoms with Gasteiger partial charge in [-0.05, 0) is 13.0 Å². The number of rotatable bonds is 1. The molecule has 1 rings (SSSR count). The van der Waals surface area contributed by atoms with E-state index in [1.165, 1.54) is 6.92 Å². The van der Waals surface area contributed by atoms with Gasteiger partial charge in [-0.2, -0.15) is 5.26 Å². The van der Waals surface area contributed by atoms with Crippen LogP contribution in [0, 0.1) is 28.8 Å². The van der Waals surface area contributed by atoms with E-state index in [2.05, 4.69) is 0 Å². The lowest BCUT2D eigenvalue weighted by Gasteiger charge is -2.16. The van der Waals surface area contributed by atoms with Crippen molar-refractivity contribution in [3.63, 3.8) is 0 Å². The molecule has 0 saturated carbocycles. The maximum absolute atomic E-state index is 13.1. The van der Waals surface area contributed by atoms with Crippen molar-refractivity contribution in [3.8, 4) is 6.07 Å². The van der Waals surface area contributed by atoms with Crippen LogP contribution in [0.4, 0.5) is 13.2 Å². The summed E-state index contributed by atoms with van der Waals surface area (Å²) in [5.74, 6) is -3.57. The summed E-state index contributed by atoms with van der Waals surface area (Å²) >= 11 is 0. The normalized spacial score (nSPS) is 14.6. The summed E-state index contributed by atoms with van der Waals surface area (Å²) in [5, 5.41) is 8.57. The highest BCUT2D eigenvalue weighted by molar-refractivity contribution is 5.31. The molecule has 0 saturated heterocycles. The maximum Gasteiger partial charge on any atom is 0.161 e. The predicted molar refractivity (Wildman–Crippen MR) is 43.5 cm³/mol. The highest BCUT2D eigenvalue weighted by Gasteiger charge is 2.26. The van der Waals surface area contributed by atoms with E-state index in [0.717, 1.165) is 0 Å². The first-order valence-corrected chi connectivity index (χ1v) is 3.73. The van der Waals surface area contributed by atoms with Gasteiger partial charge in [0.2, 0.25) is 0 Å². The van der Waals surface area contributed by atoms with E-state index in [-0.39, 0.29) is 5.56 Å². The Balaban J connectivity index is 3.38. The van der Waals surface area contributed by atoms with Crippen molar-refractivity contribution < 1.29 is 13.2 Å². The molecule has 0 aliphatic rings. The SMILES string of the molecule is C[C@](N)(C#N)c1cc(F)c(F)cc1F. The van der Waals surface area contributed by atoms with Crippen molar-refractivity contribution in [2.24, 2.45) is 5.73 Å². The van der Waals surface area contributed by atoms with Crippen LogP contribution in [0.2, 0.25) is 0 Å². The van der Waals surface area contributed by atoms with Crippen molar-refractivity contribution in [2.75, 3.05) is 0 Å². The zero-order chi connectivity index (χ0) is 10.9. The van der Waals surface area contributed by atoms with Gasteiger partial charge in [0.05, 0.1) is 6.07 Å². The molecule has 0 unspecified atom stereocenters. The van der Waals surface area contributed by atoms with Crippen LogP contribution in [0.5, 0.6) is 0 Å². The predicted octanol–water partition coefficient (Wildman–Crippen LogP) is 1.80. The van der Waals surface area contributed by atoms with E-state index < -0.39 is 23.0 Å². The van der Waals surface area contributed by atoms with Gasteiger partial charge in [0.1, 0.15) is 11.4 Å². The van der Waals surface area contributed by atoms with Crippen molar-refractivity contribution in [3.05, 3.63) is 35.1 Å². The Labute approximate surface area is 78.8 Å². The number of nitrogens with zero attached hydrogens (tertiary/aromatic N) is 1. The topological polar surface area (TPSA) is 49.8 Å². The minimum Gasteiger partial charge on any atom is -0.310 e. The van der Waals surface area contributed by atoms with E-state index in [0.29, 0.717) is 12.1 Å². The van der Waals surface area contributed by atoms with Crippen LogP contribution in [0.1, 0.15) is 12.5 Å². The molecule has 0 heterocycles. The molecule has 0 spiro atoms. The Morgan fingerprint density at radius 2 is 1.71 bits per heavy atom. The molecule has 2 nitrogen and oxygen atoms in total. The molecule has 0 aliphatic carbocycles. The Hall–Kier alpha value is -1.54. The van der Waals surface area contributed by atoms with E-state index >= 15 is 0 Å². The zero-order valence-corrected chi connectivity index (χ0v) is 7.31. The van der Waals surface area contributed by atoms with Crippen LogP contribution >= 0.6 is 0 Å². The van der Waals surface area contributed by atoms with Crippen LogP contribution < -0.4 is 5.73 Å². The minimum atomic E-state index is -1.67. The summed E-state index contributed by atoms with van der Waals surface area (Å²) in [4.78, 5) is 0. The van der Waals surface area contributed by atoms with Crippen molar-refractivity contribution in [1.82, 2.24) is 0 Å². The molecule has 74 valence electrons. The van der Waals surface area contributed by atoms with E-state index in [9.17, 15) is 13.2 Å². The summed E-state index contributed by atoms with van der Waals surface area (Å²) in [5.41, 5.74) is 3.34. The number of benzene rings is 1. The number of halogens is 3. The first-order chi connectivity index (χ1) is 6.38. The maximum atomic E-state index is 13.1. The smallest absolute Gasteiger partial charge is 0.161 e. The van der Waals surface area contributed by atoms with Gasteiger partial charge in [-0.25, -0.2) is 13.2 Å². The van der Waals surface area contributed by atoms with Gasteiger partial charge in [0.25, 0.3) is 0 Å². The summed E-state index contributed by atoms with van der Waals surface area (Å²) in [7, 11) is 0. The highest BCUT2D eigenvalue weighted by atomic mass is 19.2. The van der Waals surface area contributed by atoms with Crippen LogP contribution in [0.25, 0.3) is 0 Å². The molecular formula is C9H7F3N2. The molecule has 0 amide bonds. The molecular weight excluding hydrogens is 193 g/mol. The molecule has 0 bridgehead atoms. The third-order valence-electron chi connectivity index (χ3n) is 1.80. The lowest BCUT2D eigenvalue weighted by Crippen LogP contribution is -2.32. The molecule has 14 heavy (non-hydrogen) atoms. The fourth-order valence-corrected chi connectivity index (χ4v) is 0.981. The first-order valence-electron chi connectivity index (χ1n) is 3.73. The molecule has 0 aromatic heterocycles. The summed E-state index contributed by atoms with van der Waals surface area (Å²) in [6, 6.07) is 2.55. The molecule has 1 aromatic rings. The van der Waals surface area contributed by atoms with Gasteiger partial charge in [0.15, 0.2) is 11.6 Å². The van der Waals surface area contributed by atoms with E-state index in [4.69, 9.17) is 11.0 Å². The van der Waals surface area contributed by atoms with Crippen molar-refractivity contribution >= 4 is 0 Å². The molecule has 0 radical (unpaired) electrons. The second kappa shape index (κ2) is 3.31. The zero-order valence-electron chi connectivity index (χ0n) is 7.31. The van der Waals surface area contributed by atoms with Crippen LogP contribution in [-0.4, -0.2) is 0 Å². The lowest BCUT2D eigenvalue weighted by atomic mass is 9.94. The van der Waals surface area contributed by atoms with Gasteiger partial charge < -0.3 is 5.73 Å². The van der Waals surface area contributed by atoms with Gasteiger partial charge in [-0.1, -0.05) is 0 Å². The quantitative estimate of drug-likeness (QED) is 0.702. The Morgan fingerprint density at radius 1 is 1.21 bits per heavy atom. The standard InChI is InChI=1S/C9H7F3N2/c1-9(14,4-13)5-2-7(11)8(12)3-6(5)10/h2-3H,14H2,1H3/t9-/m0/s1. The number of nitrogens with two attached hydrogens (primary N) is 1. The van der Waals surface area contributed by atoms with Gasteiger partial charge in [-0.3, -0.25) is 0 Å². The van der Waals surface area contributed by atoms with Crippen LogP contribution in [-0.2, 0) is 5.54 Å². The lowest BCUT2D eigenvalue weighted by molar-refractivity contribution is 0.476. The summed E-state index contributed by atoms with van der Waals surface area (Å²) in [6.07, 6.45) is 0. The molecule has 0 fully saturated rings. The average Bonchev–Trinajstić information content (AvgIpc) is 2.11. The Morgan fingerprint density at radius 3 is 2.21 bits per heavy atom. The molecule has 2 N–H and O–H groups in total. The summed E-state index contributed by atoms with van der Waals surface area (Å²) < 4.78 is 38.3. The van der Waals surface area contributed by atoms with Crippen molar-refractivity contribution in [2.45, 2.75) is 12.5 Å².